The Morgan fingerprint density at radius 3 is 2.61 bits per heavy atom. The molecule has 0 amide bonds. The molecule has 1 aromatic heterocycles. The molecule has 1 aromatic carbocycles. The number of nitrogens with zero attached hydrogens (tertiary/aromatic N) is 1. The van der Waals surface area contributed by atoms with Gasteiger partial charge >= 0.3 is 6.18 Å². The zero-order valence-corrected chi connectivity index (χ0v) is 10.7. The lowest BCUT2D eigenvalue weighted by Crippen LogP contribution is -2.05. The highest BCUT2D eigenvalue weighted by Crippen LogP contribution is 2.38. The first-order valence-corrected chi connectivity index (χ1v) is 5.57. The second-order valence-electron chi connectivity index (χ2n) is 3.38. The van der Waals surface area contributed by atoms with Crippen LogP contribution in [0.15, 0.2) is 33.5 Å². The van der Waals surface area contributed by atoms with Crippen LogP contribution in [0.3, 0.4) is 0 Å². The Labute approximate surface area is 109 Å². The van der Waals surface area contributed by atoms with E-state index in [-0.39, 0.29) is 5.69 Å². The van der Waals surface area contributed by atoms with Crippen molar-refractivity contribution in [2.24, 2.45) is 0 Å². The number of ether oxygens (including phenoxy) is 1. The van der Waals surface area contributed by atoms with Gasteiger partial charge in [-0.1, -0.05) is 0 Å². The van der Waals surface area contributed by atoms with Crippen LogP contribution in [0.1, 0.15) is 5.76 Å². The first-order valence-electron chi connectivity index (χ1n) is 4.78. The maximum Gasteiger partial charge on any atom is 0.451 e. The zero-order chi connectivity index (χ0) is 13.3. The topological polar surface area (TPSA) is 35.3 Å². The fraction of sp³-hybridized carbons (Fsp3) is 0.182. The SMILES string of the molecule is COc1ccc(-c2ncoc2C(F)(F)F)cc1Br. The molecule has 0 spiro atoms. The summed E-state index contributed by atoms with van der Waals surface area (Å²) in [7, 11) is 1.47. The van der Waals surface area contributed by atoms with E-state index in [2.05, 4.69) is 25.3 Å². The molecule has 0 N–H and O–H groups in total. The number of halogens is 4. The maximum atomic E-state index is 12.6. The van der Waals surface area contributed by atoms with E-state index in [0.29, 0.717) is 15.8 Å². The van der Waals surface area contributed by atoms with E-state index in [1.54, 1.807) is 6.07 Å². The predicted octanol–water partition coefficient (Wildman–Crippen LogP) is 4.13. The lowest BCUT2D eigenvalue weighted by atomic mass is 10.1. The second kappa shape index (κ2) is 4.64. The van der Waals surface area contributed by atoms with Crippen LogP contribution in [0.4, 0.5) is 13.2 Å². The summed E-state index contributed by atoms with van der Waals surface area (Å²) in [6.07, 6.45) is -3.80. The van der Waals surface area contributed by atoms with Gasteiger partial charge in [0.15, 0.2) is 6.39 Å². The Kier molecular flexibility index (Phi) is 3.34. The van der Waals surface area contributed by atoms with E-state index in [0.717, 1.165) is 6.39 Å². The number of benzene rings is 1. The zero-order valence-electron chi connectivity index (χ0n) is 9.08. The van der Waals surface area contributed by atoms with Crippen molar-refractivity contribution in [3.63, 3.8) is 0 Å². The molecule has 0 saturated heterocycles. The highest BCUT2D eigenvalue weighted by molar-refractivity contribution is 9.10. The van der Waals surface area contributed by atoms with E-state index in [1.165, 1.54) is 19.2 Å². The summed E-state index contributed by atoms with van der Waals surface area (Å²) in [5, 5.41) is 0. The van der Waals surface area contributed by atoms with E-state index in [9.17, 15) is 13.2 Å². The fourth-order valence-corrected chi connectivity index (χ4v) is 2.01. The molecule has 0 saturated carbocycles. The molecule has 0 bridgehead atoms. The molecule has 0 aliphatic carbocycles. The molecule has 0 aliphatic heterocycles. The number of methoxy groups -OCH3 is 1. The average molecular weight is 322 g/mol. The molecule has 1 heterocycles. The molecule has 18 heavy (non-hydrogen) atoms. The van der Waals surface area contributed by atoms with E-state index < -0.39 is 11.9 Å². The Bertz CT molecular complexity index is 566. The van der Waals surface area contributed by atoms with Crippen molar-refractivity contribution in [1.29, 1.82) is 0 Å². The number of alkyl halides is 3. The molecular formula is C11H7BrF3NO2. The summed E-state index contributed by atoms with van der Waals surface area (Å²) < 4.78 is 47.9. The Balaban J connectivity index is 2.50. The van der Waals surface area contributed by atoms with Crippen molar-refractivity contribution < 1.29 is 22.3 Å². The minimum absolute atomic E-state index is 0.245. The molecule has 0 fully saturated rings. The van der Waals surface area contributed by atoms with Gasteiger partial charge in [-0.15, -0.1) is 0 Å². The molecule has 0 aliphatic rings. The van der Waals surface area contributed by atoms with Crippen LogP contribution in [0.5, 0.6) is 5.75 Å². The summed E-state index contributed by atoms with van der Waals surface area (Å²) in [5.74, 6) is -0.588. The minimum Gasteiger partial charge on any atom is -0.496 e. The lowest BCUT2D eigenvalue weighted by Gasteiger charge is -2.07. The van der Waals surface area contributed by atoms with Gasteiger partial charge in [-0.3, -0.25) is 0 Å². The second-order valence-corrected chi connectivity index (χ2v) is 4.23. The lowest BCUT2D eigenvalue weighted by molar-refractivity contribution is -0.152. The quantitative estimate of drug-likeness (QED) is 0.834. The van der Waals surface area contributed by atoms with Gasteiger partial charge < -0.3 is 9.15 Å². The van der Waals surface area contributed by atoms with E-state index in [1.807, 2.05) is 0 Å². The van der Waals surface area contributed by atoms with E-state index >= 15 is 0 Å². The third-order valence-electron chi connectivity index (χ3n) is 2.25. The molecular weight excluding hydrogens is 315 g/mol. The van der Waals surface area contributed by atoms with Gasteiger partial charge in [-0.25, -0.2) is 4.98 Å². The maximum absolute atomic E-state index is 12.6. The average Bonchev–Trinajstić information content (AvgIpc) is 2.77. The molecule has 0 radical (unpaired) electrons. The Morgan fingerprint density at radius 1 is 1.33 bits per heavy atom. The largest absolute Gasteiger partial charge is 0.496 e. The summed E-state index contributed by atoms with van der Waals surface area (Å²) in [4.78, 5) is 3.60. The van der Waals surface area contributed by atoms with Crippen LogP contribution in [0.25, 0.3) is 11.3 Å². The number of hydrogen-bond acceptors (Lipinski definition) is 3. The number of aromatic nitrogens is 1. The van der Waals surface area contributed by atoms with Gasteiger partial charge in [0.05, 0.1) is 11.6 Å². The molecule has 96 valence electrons. The number of rotatable bonds is 2. The van der Waals surface area contributed by atoms with Crippen molar-refractivity contribution >= 4 is 15.9 Å². The smallest absolute Gasteiger partial charge is 0.451 e. The van der Waals surface area contributed by atoms with Crippen LogP contribution in [-0.2, 0) is 6.18 Å². The summed E-state index contributed by atoms with van der Waals surface area (Å²) >= 11 is 3.20. The predicted molar refractivity (Wildman–Crippen MR) is 61.2 cm³/mol. The van der Waals surface area contributed by atoms with Crippen LogP contribution in [-0.4, -0.2) is 12.1 Å². The number of hydrogen-bond donors (Lipinski definition) is 0. The Morgan fingerprint density at radius 2 is 2.06 bits per heavy atom. The minimum atomic E-state index is -4.57. The standard InChI is InChI=1S/C11H7BrF3NO2/c1-17-8-3-2-6(4-7(8)12)9-10(11(13,14)15)18-5-16-9/h2-5H,1H3. The van der Waals surface area contributed by atoms with Crippen molar-refractivity contribution in [3.8, 4) is 17.0 Å². The monoisotopic (exact) mass is 321 g/mol. The molecule has 0 unspecified atom stereocenters. The summed E-state index contributed by atoms with van der Waals surface area (Å²) in [6.45, 7) is 0. The van der Waals surface area contributed by atoms with Gasteiger partial charge in [0.2, 0.25) is 5.76 Å². The van der Waals surface area contributed by atoms with Crippen LogP contribution in [0, 0.1) is 0 Å². The highest BCUT2D eigenvalue weighted by atomic mass is 79.9. The van der Waals surface area contributed by atoms with Crippen molar-refractivity contribution in [2.75, 3.05) is 7.11 Å². The Hall–Kier alpha value is -1.50. The van der Waals surface area contributed by atoms with Gasteiger partial charge in [-0.2, -0.15) is 13.2 Å². The van der Waals surface area contributed by atoms with Crippen molar-refractivity contribution in [3.05, 3.63) is 34.8 Å². The van der Waals surface area contributed by atoms with Crippen molar-refractivity contribution in [1.82, 2.24) is 4.98 Å². The summed E-state index contributed by atoms with van der Waals surface area (Å²) in [5.41, 5.74) is 0.0506. The van der Waals surface area contributed by atoms with Crippen LogP contribution in [0.2, 0.25) is 0 Å². The molecule has 2 rings (SSSR count). The summed E-state index contributed by atoms with van der Waals surface area (Å²) in [6, 6.07) is 4.52. The molecule has 2 aromatic rings. The third kappa shape index (κ3) is 2.35. The number of oxazole rings is 1. The fourth-order valence-electron chi connectivity index (χ4n) is 1.47. The van der Waals surface area contributed by atoms with Gasteiger partial charge in [0.1, 0.15) is 11.4 Å². The first kappa shape index (κ1) is 12.9. The molecule has 7 heteroatoms. The van der Waals surface area contributed by atoms with Crippen LogP contribution < -0.4 is 4.74 Å². The highest BCUT2D eigenvalue weighted by Gasteiger charge is 2.38. The van der Waals surface area contributed by atoms with Crippen molar-refractivity contribution in [2.45, 2.75) is 6.18 Å². The third-order valence-corrected chi connectivity index (χ3v) is 2.87. The van der Waals surface area contributed by atoms with Crippen LogP contribution >= 0.6 is 15.9 Å². The van der Waals surface area contributed by atoms with Gasteiger partial charge in [0, 0.05) is 5.56 Å². The van der Waals surface area contributed by atoms with E-state index in [4.69, 9.17) is 4.74 Å². The first-order chi connectivity index (χ1) is 8.43. The van der Waals surface area contributed by atoms with Gasteiger partial charge in [0.25, 0.3) is 0 Å². The normalized spacial score (nSPS) is 11.6. The van der Waals surface area contributed by atoms with Gasteiger partial charge in [-0.05, 0) is 34.1 Å². The molecule has 3 nitrogen and oxygen atoms in total. The molecule has 0 atom stereocenters.